The van der Waals surface area contributed by atoms with Crippen molar-refractivity contribution in [2.45, 2.75) is 6.54 Å². The van der Waals surface area contributed by atoms with Crippen LogP contribution < -0.4 is 10.6 Å². The molecule has 11 heteroatoms. The number of anilines is 2. The second kappa shape index (κ2) is 10.1. The molecule has 0 aliphatic carbocycles. The number of thiophene rings is 1. The Kier molecular flexibility index (Phi) is 6.24. The highest BCUT2D eigenvalue weighted by molar-refractivity contribution is 7.17. The third-order valence-electron chi connectivity index (χ3n) is 5.93. The number of hydrogen-bond donors (Lipinski definition) is 3. The summed E-state index contributed by atoms with van der Waals surface area (Å²) in [6.07, 6.45) is 6.48. The Hall–Kier alpha value is -5.03. The quantitative estimate of drug-likeness (QED) is 0.226. The Morgan fingerprint density at radius 3 is 2.74 bits per heavy atom. The molecule has 1 amide bonds. The molecule has 38 heavy (non-hydrogen) atoms. The number of ketones is 1. The molecule has 6 aromatic rings. The van der Waals surface area contributed by atoms with Gasteiger partial charge in [-0.3, -0.25) is 20.0 Å². The van der Waals surface area contributed by atoms with E-state index in [1.165, 1.54) is 17.7 Å². The van der Waals surface area contributed by atoms with Gasteiger partial charge in [-0.2, -0.15) is 5.10 Å². The molecule has 6 rings (SSSR count). The second-order valence-electron chi connectivity index (χ2n) is 8.44. The zero-order valence-corrected chi connectivity index (χ0v) is 20.7. The van der Waals surface area contributed by atoms with E-state index in [9.17, 15) is 9.59 Å². The number of aromatic nitrogens is 5. The number of oxazole rings is 1. The number of Topliss-reactive ketones (excluding diaryl/α,β-unsaturated/α-hetero) is 1. The van der Waals surface area contributed by atoms with Gasteiger partial charge in [0.05, 0.1) is 41.4 Å². The van der Waals surface area contributed by atoms with Crippen LogP contribution in [0.4, 0.5) is 11.6 Å². The molecule has 3 N–H and O–H groups in total. The van der Waals surface area contributed by atoms with Gasteiger partial charge in [-0.1, -0.05) is 30.3 Å². The Labute approximate surface area is 220 Å². The molecule has 4 aromatic heterocycles. The van der Waals surface area contributed by atoms with E-state index in [0.717, 1.165) is 21.6 Å². The molecular formula is C27H21N7O3S. The zero-order chi connectivity index (χ0) is 25.9. The van der Waals surface area contributed by atoms with Crippen LogP contribution in [0.1, 0.15) is 25.8 Å². The summed E-state index contributed by atoms with van der Waals surface area (Å²) < 4.78 is 7.31. The number of nitrogens with zero attached hydrogens (tertiary/aromatic N) is 4. The molecule has 0 spiro atoms. The number of carbonyl (C=O) groups excluding carboxylic acids is 2. The van der Waals surface area contributed by atoms with Gasteiger partial charge in [-0.25, -0.2) is 9.97 Å². The largest absolute Gasteiger partial charge is 0.447 e. The predicted octanol–water partition coefficient (Wildman–Crippen LogP) is 5.07. The minimum Gasteiger partial charge on any atom is -0.447 e. The molecule has 4 heterocycles. The smallest absolute Gasteiger partial charge is 0.268 e. The van der Waals surface area contributed by atoms with Gasteiger partial charge in [0.2, 0.25) is 5.95 Å². The first-order valence-electron chi connectivity index (χ1n) is 11.7. The van der Waals surface area contributed by atoms with E-state index >= 15 is 0 Å². The Balaban J connectivity index is 1.26. The Morgan fingerprint density at radius 2 is 1.95 bits per heavy atom. The van der Waals surface area contributed by atoms with Crippen molar-refractivity contribution >= 4 is 45.7 Å². The second-order valence-corrected chi connectivity index (χ2v) is 9.52. The molecule has 10 nitrogen and oxygen atoms in total. The lowest BCUT2D eigenvalue weighted by Gasteiger charge is -2.09. The highest BCUT2D eigenvalue weighted by Crippen LogP contribution is 2.29. The maximum absolute atomic E-state index is 13.1. The van der Waals surface area contributed by atoms with Crippen LogP contribution >= 0.6 is 11.3 Å². The van der Waals surface area contributed by atoms with Gasteiger partial charge in [0, 0.05) is 27.9 Å². The predicted molar refractivity (Wildman–Crippen MR) is 144 cm³/mol. The van der Waals surface area contributed by atoms with Crippen molar-refractivity contribution in [1.29, 1.82) is 0 Å². The van der Waals surface area contributed by atoms with Crippen molar-refractivity contribution in [2.75, 3.05) is 17.2 Å². The van der Waals surface area contributed by atoms with Crippen LogP contribution in [0, 0.1) is 0 Å². The lowest BCUT2D eigenvalue weighted by molar-refractivity contribution is 0.100. The van der Waals surface area contributed by atoms with Gasteiger partial charge in [0.15, 0.2) is 12.2 Å². The van der Waals surface area contributed by atoms with Crippen molar-refractivity contribution in [3.63, 3.8) is 0 Å². The Bertz CT molecular complexity index is 1700. The Morgan fingerprint density at radius 1 is 1.05 bits per heavy atom. The van der Waals surface area contributed by atoms with Crippen LogP contribution in [-0.4, -0.2) is 43.0 Å². The molecule has 0 radical (unpaired) electrons. The maximum atomic E-state index is 13.1. The molecule has 0 fully saturated rings. The number of nitrogens with one attached hydrogen (secondary N) is 3. The molecule has 0 unspecified atom stereocenters. The van der Waals surface area contributed by atoms with Gasteiger partial charge in [0.1, 0.15) is 5.76 Å². The molecule has 0 saturated carbocycles. The van der Waals surface area contributed by atoms with Crippen molar-refractivity contribution in [1.82, 2.24) is 24.7 Å². The lowest BCUT2D eigenvalue weighted by atomic mass is 10.1. The summed E-state index contributed by atoms with van der Waals surface area (Å²) in [4.78, 5) is 35.8. The number of H-pyrrole nitrogens is 1. The summed E-state index contributed by atoms with van der Waals surface area (Å²) in [6, 6.07) is 18.4. The van der Waals surface area contributed by atoms with Crippen molar-refractivity contribution in [3.05, 3.63) is 102 Å². The topological polar surface area (TPSA) is 131 Å². The van der Waals surface area contributed by atoms with Gasteiger partial charge in [-0.15, -0.1) is 11.3 Å². The number of benzene rings is 2. The number of hydrogen-bond acceptors (Lipinski definition) is 8. The third-order valence-corrected chi connectivity index (χ3v) is 7.07. The van der Waals surface area contributed by atoms with Crippen LogP contribution in [-0.2, 0) is 6.54 Å². The van der Waals surface area contributed by atoms with Crippen molar-refractivity contribution in [3.8, 4) is 10.4 Å². The minimum atomic E-state index is -0.273. The fourth-order valence-corrected chi connectivity index (χ4v) is 4.93. The highest BCUT2D eigenvalue weighted by Gasteiger charge is 2.18. The summed E-state index contributed by atoms with van der Waals surface area (Å²) in [5, 5.41) is 12.9. The third kappa shape index (κ3) is 4.82. The first-order valence-corrected chi connectivity index (χ1v) is 12.6. The highest BCUT2D eigenvalue weighted by atomic mass is 32.1. The van der Waals surface area contributed by atoms with Gasteiger partial charge in [-0.05, 0) is 30.3 Å². The summed E-state index contributed by atoms with van der Waals surface area (Å²) in [5.41, 5.74) is 3.75. The van der Waals surface area contributed by atoms with Crippen LogP contribution in [0.25, 0.3) is 21.5 Å². The number of carbonyl (C=O) groups is 2. The SMILES string of the molecule is O=C(CNc1ccc2c(c1)nc(NC(=O)c1ccc(-c3cn[nH]c3)s1)n2Cc1cnco1)c1ccccc1. The maximum Gasteiger partial charge on any atom is 0.268 e. The van der Waals surface area contributed by atoms with Crippen molar-refractivity contribution in [2.24, 2.45) is 0 Å². The first kappa shape index (κ1) is 23.4. The number of fused-ring (bicyclic) bond motifs is 1. The fraction of sp³-hybridized carbons (Fsp3) is 0.0741. The molecule has 188 valence electrons. The standard InChI is InChI=1S/C27H21N7O3S/c35-23(17-4-2-1-3-5-17)14-29-19-6-7-22-21(10-19)32-27(34(22)15-20-13-28-16-37-20)33-26(36)25-9-8-24(38-25)18-11-30-31-12-18/h1-13,16,29H,14-15H2,(H,30,31)(H,32,33,36). The van der Waals surface area contributed by atoms with Crippen LogP contribution in [0.15, 0.2) is 90.1 Å². The molecule has 0 saturated heterocycles. The normalized spacial score (nSPS) is 11.1. The summed E-state index contributed by atoms with van der Waals surface area (Å²) >= 11 is 1.37. The number of amides is 1. The van der Waals surface area contributed by atoms with E-state index in [2.05, 4.69) is 25.8 Å². The molecule has 2 aromatic carbocycles. The molecule has 0 bridgehead atoms. The fourth-order valence-electron chi connectivity index (χ4n) is 4.04. The van der Waals surface area contributed by atoms with Crippen LogP contribution in [0.5, 0.6) is 0 Å². The minimum absolute atomic E-state index is 0.0137. The average Bonchev–Trinajstić information content (AvgIpc) is 3.76. The monoisotopic (exact) mass is 523 g/mol. The summed E-state index contributed by atoms with van der Waals surface area (Å²) in [6.45, 7) is 0.478. The number of aromatic amines is 1. The van der Waals surface area contributed by atoms with E-state index in [1.54, 1.807) is 36.8 Å². The average molecular weight is 524 g/mol. The van der Waals surface area contributed by atoms with Crippen LogP contribution in [0.3, 0.4) is 0 Å². The van der Waals surface area contributed by atoms with Crippen molar-refractivity contribution < 1.29 is 14.0 Å². The van der Waals surface area contributed by atoms with E-state index in [1.807, 2.05) is 47.0 Å². The first-order chi connectivity index (χ1) is 18.6. The van der Waals surface area contributed by atoms with Gasteiger partial charge < -0.3 is 14.3 Å². The van der Waals surface area contributed by atoms with Gasteiger partial charge >= 0.3 is 0 Å². The lowest BCUT2D eigenvalue weighted by Crippen LogP contribution is -2.15. The summed E-state index contributed by atoms with van der Waals surface area (Å²) in [7, 11) is 0. The zero-order valence-electron chi connectivity index (χ0n) is 19.9. The van der Waals surface area contributed by atoms with E-state index in [0.29, 0.717) is 34.2 Å². The van der Waals surface area contributed by atoms with E-state index in [4.69, 9.17) is 9.40 Å². The summed E-state index contributed by atoms with van der Waals surface area (Å²) in [5.74, 6) is 0.705. The van der Waals surface area contributed by atoms with Crippen LogP contribution in [0.2, 0.25) is 0 Å². The van der Waals surface area contributed by atoms with Gasteiger partial charge in [0.25, 0.3) is 5.91 Å². The molecular weight excluding hydrogens is 502 g/mol. The molecule has 0 aliphatic rings. The molecule has 0 atom stereocenters. The van der Waals surface area contributed by atoms with E-state index in [-0.39, 0.29) is 18.2 Å². The molecule has 0 aliphatic heterocycles. The van der Waals surface area contributed by atoms with E-state index < -0.39 is 0 Å². The number of imidazole rings is 1. The number of rotatable bonds is 9.